The summed E-state index contributed by atoms with van der Waals surface area (Å²) in [5.41, 5.74) is 3.13. The summed E-state index contributed by atoms with van der Waals surface area (Å²) in [5.74, 6) is 6.37. The van der Waals surface area contributed by atoms with Gasteiger partial charge in [-0.3, -0.25) is 0 Å². The summed E-state index contributed by atoms with van der Waals surface area (Å²) in [5, 5.41) is 0. The van der Waals surface area contributed by atoms with E-state index in [-0.39, 0.29) is 4.90 Å². The van der Waals surface area contributed by atoms with Crippen molar-refractivity contribution >= 4 is 26.0 Å². The first-order valence-corrected chi connectivity index (χ1v) is 10.9. The molecule has 29 heavy (non-hydrogen) atoms. The summed E-state index contributed by atoms with van der Waals surface area (Å²) in [7, 11) is -4.33. The van der Waals surface area contributed by atoms with E-state index in [1.54, 1.807) is 38.4 Å². The van der Waals surface area contributed by atoms with Gasteiger partial charge in [0.25, 0.3) is 0 Å². The minimum atomic E-state index is -4.33. The van der Waals surface area contributed by atoms with Gasteiger partial charge >= 0.3 is 0 Å². The molecule has 3 aromatic rings. The van der Waals surface area contributed by atoms with E-state index in [0.29, 0.717) is 17.7 Å². The average molecular weight is 479 g/mol. The van der Waals surface area contributed by atoms with Gasteiger partial charge < -0.3 is 9.29 Å². The number of halogens is 1. The van der Waals surface area contributed by atoms with Crippen molar-refractivity contribution in [1.29, 1.82) is 0 Å². The summed E-state index contributed by atoms with van der Waals surface area (Å²) >= 11 is 3.36. The molecule has 0 amide bonds. The molecule has 154 valence electrons. The van der Waals surface area contributed by atoms with Crippen LogP contribution in [-0.2, 0) is 16.7 Å². The van der Waals surface area contributed by atoms with Gasteiger partial charge in [0.2, 0.25) is 12.4 Å². The van der Waals surface area contributed by atoms with Crippen molar-refractivity contribution in [3.8, 4) is 5.75 Å². The van der Waals surface area contributed by atoms with Crippen LogP contribution in [0.3, 0.4) is 0 Å². The Labute approximate surface area is 179 Å². The van der Waals surface area contributed by atoms with Crippen molar-refractivity contribution in [1.82, 2.24) is 0 Å². The molecule has 0 radical (unpaired) electrons. The van der Waals surface area contributed by atoms with Crippen molar-refractivity contribution in [2.75, 3.05) is 5.84 Å². The zero-order valence-electron chi connectivity index (χ0n) is 16.4. The summed E-state index contributed by atoms with van der Waals surface area (Å²) in [6, 6.07) is 15.3. The van der Waals surface area contributed by atoms with Crippen LogP contribution >= 0.6 is 15.9 Å². The molecule has 1 heterocycles. The number of nitrogens with two attached hydrogens (primary N) is 1. The van der Waals surface area contributed by atoms with Crippen LogP contribution in [0.25, 0.3) is 0 Å². The molecule has 3 rings (SSSR count). The monoisotopic (exact) mass is 478 g/mol. The number of pyridine rings is 1. The van der Waals surface area contributed by atoms with Gasteiger partial charge in [0, 0.05) is 6.07 Å². The minimum absolute atomic E-state index is 0.0851. The quantitative estimate of drug-likeness (QED) is 0.351. The zero-order chi connectivity index (χ0) is 21.6. The van der Waals surface area contributed by atoms with Gasteiger partial charge in [0.05, 0.1) is 9.37 Å². The van der Waals surface area contributed by atoms with Crippen molar-refractivity contribution in [2.45, 2.75) is 32.3 Å². The second kappa shape index (κ2) is 9.87. The molecule has 0 saturated heterocycles. The van der Waals surface area contributed by atoms with Crippen molar-refractivity contribution in [3.05, 3.63) is 87.7 Å². The summed E-state index contributed by atoms with van der Waals surface area (Å²) < 4.78 is 40.5. The fourth-order valence-electron chi connectivity index (χ4n) is 2.92. The highest BCUT2D eigenvalue weighted by molar-refractivity contribution is 9.10. The zero-order valence-corrected chi connectivity index (χ0v) is 18.8. The topological polar surface area (TPSA) is 96.3 Å². The fourth-order valence-corrected chi connectivity index (χ4v) is 4.29. The normalized spacial score (nSPS) is 10.8. The number of hydrogen-bond acceptors (Lipinski definition) is 5. The summed E-state index contributed by atoms with van der Waals surface area (Å²) in [6.07, 6.45) is 3.49. The maximum absolute atomic E-state index is 10.8. The molecule has 8 heteroatoms. The molecular formula is C21H23BrN2O4S. The standard InChI is InChI=1S/C12H12BrN2O.C9H12O3S/c13-11-6-12(8-15(14)7-11)16-9-10-4-2-1-3-5-10;1-6-4-7(2)9(8(3)5-6)13(10,11)12/h1-8H,9,14H2;4-5H,1-3H3,(H,10,11,12)/q+1;/p-1. The smallest absolute Gasteiger partial charge is 0.240 e. The highest BCUT2D eigenvalue weighted by Gasteiger charge is 2.09. The average Bonchev–Trinajstić information content (AvgIpc) is 2.58. The van der Waals surface area contributed by atoms with E-state index in [0.717, 1.165) is 21.3 Å². The highest BCUT2D eigenvalue weighted by atomic mass is 79.9. The highest BCUT2D eigenvalue weighted by Crippen LogP contribution is 2.21. The number of nitrogens with zero attached hydrogens (tertiary/aromatic N) is 1. The number of aromatic nitrogens is 1. The molecule has 0 bridgehead atoms. The van der Waals surface area contributed by atoms with Crippen LogP contribution in [0.2, 0.25) is 0 Å². The maximum atomic E-state index is 10.8. The van der Waals surface area contributed by atoms with Gasteiger partial charge in [-0.1, -0.05) is 52.7 Å². The third-order valence-electron chi connectivity index (χ3n) is 3.93. The first kappa shape index (κ1) is 22.9. The summed E-state index contributed by atoms with van der Waals surface area (Å²) in [6.45, 7) is 5.66. The van der Waals surface area contributed by atoms with Gasteiger partial charge in [-0.15, -0.1) is 0 Å². The second-order valence-electron chi connectivity index (χ2n) is 6.59. The van der Waals surface area contributed by atoms with E-state index in [9.17, 15) is 13.0 Å². The molecule has 0 saturated carbocycles. The van der Waals surface area contributed by atoms with Gasteiger partial charge in [0.1, 0.15) is 16.7 Å². The maximum Gasteiger partial charge on any atom is 0.240 e. The SMILES string of the molecule is Cc1cc(C)c(S(=O)(=O)[O-])c(C)c1.N[n+]1cc(Br)cc(OCc2ccccc2)c1. The number of rotatable bonds is 4. The molecule has 1 aromatic heterocycles. The number of nitrogen functional groups attached to an aromatic ring is 1. The lowest BCUT2D eigenvalue weighted by Crippen LogP contribution is -2.43. The van der Waals surface area contributed by atoms with Gasteiger partial charge in [-0.2, -0.15) is 0 Å². The predicted octanol–water partition coefficient (Wildman–Crippen LogP) is 3.55. The first-order valence-electron chi connectivity index (χ1n) is 8.73. The van der Waals surface area contributed by atoms with E-state index in [1.807, 2.05) is 43.3 Å². The Morgan fingerprint density at radius 3 is 2.14 bits per heavy atom. The lowest BCUT2D eigenvalue weighted by Gasteiger charge is -2.14. The Kier molecular flexibility index (Phi) is 7.78. The number of ether oxygens (including phenoxy) is 1. The Morgan fingerprint density at radius 1 is 1.03 bits per heavy atom. The van der Waals surface area contributed by atoms with Gasteiger partial charge in [-0.05, 0) is 53.4 Å². The Balaban J connectivity index is 0.000000212. The van der Waals surface area contributed by atoms with Crippen LogP contribution in [0.15, 0.2) is 70.3 Å². The molecule has 0 atom stereocenters. The number of aryl methyl sites for hydroxylation is 3. The van der Waals surface area contributed by atoms with Gasteiger partial charge in [0.15, 0.2) is 5.75 Å². The second-order valence-corrected chi connectivity index (χ2v) is 8.83. The molecule has 2 N–H and O–H groups in total. The minimum Gasteiger partial charge on any atom is -0.744 e. The third-order valence-corrected chi connectivity index (χ3v) is 5.51. The van der Waals surface area contributed by atoms with E-state index in [4.69, 9.17) is 10.6 Å². The van der Waals surface area contributed by atoms with Crippen LogP contribution in [0.1, 0.15) is 22.3 Å². The van der Waals surface area contributed by atoms with Crippen LogP contribution in [0, 0.1) is 20.8 Å². The van der Waals surface area contributed by atoms with Crippen LogP contribution < -0.4 is 15.3 Å². The lowest BCUT2D eigenvalue weighted by atomic mass is 10.1. The summed E-state index contributed by atoms with van der Waals surface area (Å²) in [4.78, 5) is -0.0851. The molecular weight excluding hydrogens is 456 g/mol. The van der Waals surface area contributed by atoms with E-state index in [1.165, 1.54) is 4.68 Å². The lowest BCUT2D eigenvalue weighted by molar-refractivity contribution is -0.639. The number of benzene rings is 2. The van der Waals surface area contributed by atoms with E-state index < -0.39 is 10.1 Å². The number of hydrogen-bond donors (Lipinski definition) is 1. The largest absolute Gasteiger partial charge is 0.744 e. The Hall–Kier alpha value is -2.42. The van der Waals surface area contributed by atoms with Crippen LogP contribution in [-0.4, -0.2) is 13.0 Å². The Morgan fingerprint density at radius 2 is 1.62 bits per heavy atom. The molecule has 2 aromatic carbocycles. The predicted molar refractivity (Wildman–Crippen MR) is 114 cm³/mol. The molecule has 0 spiro atoms. The first-order chi connectivity index (χ1) is 13.6. The van der Waals surface area contributed by atoms with E-state index >= 15 is 0 Å². The fraction of sp³-hybridized carbons (Fsp3) is 0.190. The molecule has 0 unspecified atom stereocenters. The molecule has 0 aliphatic rings. The Bertz CT molecular complexity index is 1040. The third kappa shape index (κ3) is 7.16. The van der Waals surface area contributed by atoms with Gasteiger partial charge in [-0.25, -0.2) is 14.3 Å². The van der Waals surface area contributed by atoms with E-state index in [2.05, 4.69) is 15.9 Å². The van der Waals surface area contributed by atoms with Crippen molar-refractivity contribution in [2.24, 2.45) is 0 Å². The van der Waals surface area contributed by atoms with Crippen molar-refractivity contribution < 1.29 is 22.4 Å². The molecule has 0 aliphatic carbocycles. The van der Waals surface area contributed by atoms with Crippen molar-refractivity contribution in [3.63, 3.8) is 0 Å². The molecule has 0 fully saturated rings. The molecule has 6 nitrogen and oxygen atoms in total. The molecule has 0 aliphatic heterocycles. The van der Waals surface area contributed by atoms with Crippen LogP contribution in [0.4, 0.5) is 0 Å². The van der Waals surface area contributed by atoms with Crippen LogP contribution in [0.5, 0.6) is 5.75 Å².